The average Bonchev–Trinajstić information content (AvgIpc) is 3.29. The molecule has 0 radical (unpaired) electrons. The van der Waals surface area contributed by atoms with Crippen molar-refractivity contribution < 1.29 is 9.53 Å². The van der Waals surface area contributed by atoms with E-state index in [-0.39, 0.29) is 17.9 Å². The molecule has 0 bridgehead atoms. The van der Waals surface area contributed by atoms with E-state index in [1.807, 2.05) is 4.90 Å². The number of aromatic nitrogens is 5. The van der Waals surface area contributed by atoms with Crippen LogP contribution in [0.25, 0.3) is 10.8 Å². The molecular formula is C20H19ClN6O2S. The molecule has 2 aliphatic heterocycles. The van der Waals surface area contributed by atoms with Crippen LogP contribution in [0.1, 0.15) is 46.8 Å². The number of hydrogen-bond donors (Lipinski definition) is 0. The summed E-state index contributed by atoms with van der Waals surface area (Å²) < 4.78 is 12.1. The molecule has 3 aliphatic rings. The molecule has 8 nitrogen and oxygen atoms in total. The fourth-order valence-corrected chi connectivity index (χ4v) is 4.98. The van der Waals surface area contributed by atoms with Crippen LogP contribution in [0.5, 0.6) is 0 Å². The molecule has 6 rings (SSSR count). The van der Waals surface area contributed by atoms with Gasteiger partial charge in [-0.2, -0.15) is 4.37 Å². The number of ether oxygens (including phenoxy) is 1. The molecule has 1 saturated heterocycles. The second-order valence-electron chi connectivity index (χ2n) is 8.01. The van der Waals surface area contributed by atoms with Gasteiger partial charge in [0, 0.05) is 35.5 Å². The first kappa shape index (κ1) is 18.4. The summed E-state index contributed by atoms with van der Waals surface area (Å²) in [6, 6.07) is 6.85. The third-order valence-corrected chi connectivity index (χ3v) is 6.96. The Morgan fingerprint density at radius 3 is 2.63 bits per heavy atom. The third-order valence-electron chi connectivity index (χ3n) is 5.98. The molecule has 30 heavy (non-hydrogen) atoms. The minimum absolute atomic E-state index is 0.0219. The van der Waals surface area contributed by atoms with Crippen LogP contribution >= 0.6 is 23.1 Å². The standard InChI is InChI=1S/C20H19ClN6O2S/c21-14-5-3-12(4-6-14)20(28)26-7-8-27-17(15(26)13-9-29-10-13)23-24-18(27)19-22-16(25-30-19)11-1-2-11/h3-6,11,13,15H,1-2,7-10H2. The summed E-state index contributed by atoms with van der Waals surface area (Å²) in [6.07, 6.45) is 2.33. The van der Waals surface area contributed by atoms with E-state index in [1.54, 1.807) is 24.3 Å². The Hall–Kier alpha value is -2.36. The van der Waals surface area contributed by atoms with Crippen LogP contribution in [0.2, 0.25) is 5.02 Å². The topological polar surface area (TPSA) is 86.0 Å². The third kappa shape index (κ3) is 3.03. The van der Waals surface area contributed by atoms with Crippen molar-refractivity contribution >= 4 is 29.0 Å². The van der Waals surface area contributed by atoms with Gasteiger partial charge >= 0.3 is 0 Å². The zero-order chi connectivity index (χ0) is 20.2. The highest BCUT2D eigenvalue weighted by Gasteiger charge is 2.43. The molecule has 1 aliphatic carbocycles. The molecular weight excluding hydrogens is 424 g/mol. The number of halogens is 1. The van der Waals surface area contributed by atoms with Crippen LogP contribution < -0.4 is 0 Å². The minimum Gasteiger partial charge on any atom is -0.380 e. The number of benzene rings is 1. The van der Waals surface area contributed by atoms with Gasteiger partial charge in [-0.1, -0.05) is 11.6 Å². The summed E-state index contributed by atoms with van der Waals surface area (Å²) in [5.74, 6) is 3.16. The van der Waals surface area contributed by atoms with E-state index in [1.165, 1.54) is 24.4 Å². The second-order valence-corrected chi connectivity index (χ2v) is 9.20. The maximum atomic E-state index is 13.3. The smallest absolute Gasteiger partial charge is 0.254 e. The fraction of sp³-hybridized carbons (Fsp3) is 0.450. The summed E-state index contributed by atoms with van der Waals surface area (Å²) in [4.78, 5) is 19.9. The molecule has 2 aromatic heterocycles. The second kappa shape index (κ2) is 7.11. The van der Waals surface area contributed by atoms with Gasteiger partial charge in [0.25, 0.3) is 5.91 Å². The Balaban J connectivity index is 1.35. The molecule has 2 fully saturated rings. The maximum absolute atomic E-state index is 13.3. The monoisotopic (exact) mass is 442 g/mol. The molecule has 10 heteroatoms. The van der Waals surface area contributed by atoms with Crippen molar-refractivity contribution in [2.24, 2.45) is 5.92 Å². The molecule has 0 N–H and O–H groups in total. The zero-order valence-corrected chi connectivity index (χ0v) is 17.6. The van der Waals surface area contributed by atoms with E-state index in [4.69, 9.17) is 21.3 Å². The van der Waals surface area contributed by atoms with Gasteiger partial charge in [-0.05, 0) is 48.6 Å². The van der Waals surface area contributed by atoms with E-state index in [0.29, 0.717) is 42.8 Å². The maximum Gasteiger partial charge on any atom is 0.254 e. The van der Waals surface area contributed by atoms with Crippen molar-refractivity contribution in [2.75, 3.05) is 19.8 Å². The Morgan fingerprint density at radius 1 is 1.13 bits per heavy atom. The average molecular weight is 443 g/mol. The van der Waals surface area contributed by atoms with Crippen LogP contribution in [0.15, 0.2) is 24.3 Å². The van der Waals surface area contributed by atoms with Crippen LogP contribution in [-0.2, 0) is 11.3 Å². The summed E-state index contributed by atoms with van der Waals surface area (Å²) in [5.41, 5.74) is 0.621. The number of rotatable bonds is 4. The van der Waals surface area contributed by atoms with Gasteiger partial charge in [0.1, 0.15) is 5.82 Å². The van der Waals surface area contributed by atoms with Gasteiger partial charge in [0.2, 0.25) is 0 Å². The van der Waals surface area contributed by atoms with Gasteiger partial charge in [0.05, 0.1) is 19.3 Å². The fourth-order valence-electron chi connectivity index (χ4n) is 4.12. The van der Waals surface area contributed by atoms with Crippen molar-refractivity contribution in [2.45, 2.75) is 31.3 Å². The van der Waals surface area contributed by atoms with Gasteiger partial charge in [-0.25, -0.2) is 4.98 Å². The largest absolute Gasteiger partial charge is 0.380 e. The molecule has 1 saturated carbocycles. The van der Waals surface area contributed by atoms with Gasteiger partial charge in [-0.3, -0.25) is 4.79 Å². The van der Waals surface area contributed by atoms with E-state index < -0.39 is 0 Å². The Kier molecular flexibility index (Phi) is 4.36. The van der Waals surface area contributed by atoms with E-state index in [9.17, 15) is 4.79 Å². The van der Waals surface area contributed by atoms with E-state index in [0.717, 1.165) is 22.5 Å². The number of amides is 1. The quantitative estimate of drug-likeness (QED) is 0.616. The summed E-state index contributed by atoms with van der Waals surface area (Å²) in [7, 11) is 0. The number of carbonyl (C=O) groups is 1. The predicted molar refractivity (Wildman–Crippen MR) is 110 cm³/mol. The Bertz CT molecular complexity index is 1100. The molecule has 1 amide bonds. The van der Waals surface area contributed by atoms with E-state index in [2.05, 4.69) is 19.1 Å². The van der Waals surface area contributed by atoms with Crippen LogP contribution in [0.3, 0.4) is 0 Å². The molecule has 0 spiro atoms. The van der Waals surface area contributed by atoms with Crippen LogP contribution in [0, 0.1) is 5.92 Å². The lowest BCUT2D eigenvalue weighted by Gasteiger charge is -2.43. The van der Waals surface area contributed by atoms with Crippen molar-refractivity contribution in [3.8, 4) is 10.8 Å². The molecule has 1 atom stereocenters. The minimum atomic E-state index is -0.173. The van der Waals surface area contributed by atoms with Crippen LogP contribution in [0.4, 0.5) is 0 Å². The van der Waals surface area contributed by atoms with Crippen molar-refractivity contribution in [1.82, 2.24) is 29.0 Å². The van der Waals surface area contributed by atoms with Crippen molar-refractivity contribution in [3.63, 3.8) is 0 Å². The predicted octanol–water partition coefficient (Wildman–Crippen LogP) is 3.17. The van der Waals surface area contributed by atoms with Gasteiger partial charge in [0.15, 0.2) is 16.7 Å². The zero-order valence-electron chi connectivity index (χ0n) is 16.1. The van der Waals surface area contributed by atoms with E-state index >= 15 is 0 Å². The normalized spacial score (nSPS) is 21.4. The Morgan fingerprint density at radius 2 is 1.93 bits per heavy atom. The van der Waals surface area contributed by atoms with Crippen molar-refractivity contribution in [3.05, 3.63) is 46.5 Å². The SMILES string of the molecule is O=C(c1ccc(Cl)cc1)N1CCn2c(-c3nc(C4CC4)ns3)nnc2C1C1COC1. The molecule has 3 aromatic rings. The number of carbonyl (C=O) groups excluding carboxylic acids is 1. The van der Waals surface area contributed by atoms with Gasteiger partial charge < -0.3 is 14.2 Å². The van der Waals surface area contributed by atoms with Crippen LogP contribution in [-0.4, -0.2) is 54.7 Å². The number of nitrogens with zero attached hydrogens (tertiary/aromatic N) is 6. The first-order chi connectivity index (χ1) is 14.7. The lowest BCUT2D eigenvalue weighted by molar-refractivity contribution is -0.0767. The highest BCUT2D eigenvalue weighted by atomic mass is 35.5. The summed E-state index contributed by atoms with van der Waals surface area (Å²) >= 11 is 7.37. The highest BCUT2D eigenvalue weighted by molar-refractivity contribution is 7.09. The summed E-state index contributed by atoms with van der Waals surface area (Å²) in [5, 5.41) is 10.4. The van der Waals surface area contributed by atoms with Gasteiger partial charge in [-0.15, -0.1) is 10.2 Å². The molecule has 4 heterocycles. The number of hydrogen-bond acceptors (Lipinski definition) is 7. The summed E-state index contributed by atoms with van der Waals surface area (Å²) in [6.45, 7) is 2.43. The lowest BCUT2D eigenvalue weighted by Crippen LogP contribution is -2.50. The molecule has 154 valence electrons. The Labute approximate surface area is 182 Å². The first-order valence-electron chi connectivity index (χ1n) is 10.1. The van der Waals surface area contributed by atoms with Crippen molar-refractivity contribution in [1.29, 1.82) is 0 Å². The molecule has 1 aromatic carbocycles. The lowest BCUT2D eigenvalue weighted by atomic mass is 9.93. The molecule has 1 unspecified atom stereocenters. The highest BCUT2D eigenvalue weighted by Crippen LogP contribution is 2.41. The number of fused-ring (bicyclic) bond motifs is 1. The first-order valence-corrected chi connectivity index (χ1v) is 11.3.